The van der Waals surface area contributed by atoms with Gasteiger partial charge in [0.05, 0.1) is 26.8 Å². The maximum Gasteiger partial charge on any atom is 0.299 e. The lowest BCUT2D eigenvalue weighted by Gasteiger charge is -2.38. The number of nitrogens with zero attached hydrogens (tertiary/aromatic N) is 1. The van der Waals surface area contributed by atoms with E-state index in [1.54, 1.807) is 30.3 Å². The number of phenolic OH excluding ortho intramolecular Hbond substituents is 1. The van der Waals surface area contributed by atoms with Crippen LogP contribution in [-0.4, -0.2) is 15.8 Å². The summed E-state index contributed by atoms with van der Waals surface area (Å²) in [6.45, 7) is 0. The van der Waals surface area contributed by atoms with Crippen molar-refractivity contribution in [3.8, 4) is 17.2 Å². The molecule has 2 aliphatic rings. The number of fused-ring (bicyclic) bond motifs is 2. The minimum atomic E-state index is -1.45. The van der Waals surface area contributed by atoms with Crippen LogP contribution in [0.5, 0.6) is 17.2 Å². The Morgan fingerprint density at radius 2 is 1.74 bits per heavy atom. The van der Waals surface area contributed by atoms with E-state index in [1.165, 1.54) is 30.4 Å². The highest BCUT2D eigenvalue weighted by Gasteiger charge is 2.45. The van der Waals surface area contributed by atoms with Gasteiger partial charge in [-0.05, 0) is 36.4 Å². The number of nitro groups is 1. The van der Waals surface area contributed by atoms with Crippen molar-refractivity contribution >= 4 is 22.2 Å². The second-order valence-corrected chi connectivity index (χ2v) is 6.29. The van der Waals surface area contributed by atoms with Crippen molar-refractivity contribution < 1.29 is 24.3 Å². The van der Waals surface area contributed by atoms with Gasteiger partial charge in [-0.3, -0.25) is 14.9 Å². The van der Waals surface area contributed by atoms with Crippen LogP contribution in [0.4, 0.5) is 5.69 Å². The molecule has 1 N–H and O–H groups in total. The van der Waals surface area contributed by atoms with Gasteiger partial charge in [0.15, 0.2) is 5.78 Å². The average molecular weight is 361 g/mol. The number of ether oxygens (including phenoxy) is 2. The lowest BCUT2D eigenvalue weighted by molar-refractivity contribution is -0.383. The van der Waals surface area contributed by atoms with Gasteiger partial charge in [-0.25, -0.2) is 0 Å². The van der Waals surface area contributed by atoms with Gasteiger partial charge in [0.2, 0.25) is 0 Å². The molecule has 0 radical (unpaired) electrons. The SMILES string of the molecule is O=C1C=CC2(Oc3cccc4c([N+](=O)[O-])ccc(c34)O2)c2cccc(O)c21. The van der Waals surface area contributed by atoms with E-state index in [2.05, 4.69) is 0 Å². The average Bonchev–Trinajstić information content (AvgIpc) is 2.65. The topological polar surface area (TPSA) is 98.9 Å². The van der Waals surface area contributed by atoms with E-state index < -0.39 is 10.7 Å². The number of hydrogen-bond donors (Lipinski definition) is 1. The fourth-order valence-electron chi connectivity index (χ4n) is 3.63. The molecule has 0 fully saturated rings. The molecule has 1 aliphatic carbocycles. The standard InChI is InChI=1S/C20H11NO6/c22-14-5-2-4-12-19(14)15(23)9-10-20(12)26-16-6-1-3-11-13(21(24)25)7-8-17(27-20)18(11)16/h1-10,22H. The second-order valence-electron chi connectivity index (χ2n) is 6.29. The molecular formula is C20H11NO6. The summed E-state index contributed by atoms with van der Waals surface area (Å²) in [7, 11) is 0. The number of non-ortho nitro benzene ring substituents is 1. The molecule has 0 saturated carbocycles. The molecule has 5 rings (SSSR count). The minimum Gasteiger partial charge on any atom is -0.507 e. The zero-order valence-electron chi connectivity index (χ0n) is 13.7. The van der Waals surface area contributed by atoms with Gasteiger partial charge in [0.1, 0.15) is 17.2 Å². The highest BCUT2D eigenvalue weighted by atomic mass is 16.7. The quantitative estimate of drug-likeness (QED) is 0.522. The maximum absolute atomic E-state index is 12.3. The lowest BCUT2D eigenvalue weighted by atomic mass is 9.89. The van der Waals surface area contributed by atoms with Crippen molar-refractivity contribution in [2.75, 3.05) is 0 Å². The fourth-order valence-corrected chi connectivity index (χ4v) is 3.63. The van der Waals surface area contributed by atoms with Gasteiger partial charge >= 0.3 is 0 Å². The summed E-state index contributed by atoms with van der Waals surface area (Å²) in [5, 5.41) is 22.4. The minimum absolute atomic E-state index is 0.0499. The highest BCUT2D eigenvalue weighted by molar-refractivity contribution is 6.09. The Balaban J connectivity index is 1.77. The number of carbonyl (C=O) groups is 1. The Morgan fingerprint density at radius 3 is 2.52 bits per heavy atom. The summed E-state index contributed by atoms with van der Waals surface area (Å²) in [5.41, 5.74) is 0.430. The van der Waals surface area contributed by atoms with Crippen molar-refractivity contribution in [2.24, 2.45) is 0 Å². The van der Waals surface area contributed by atoms with Crippen LogP contribution in [0.25, 0.3) is 10.8 Å². The van der Waals surface area contributed by atoms with Crippen LogP contribution in [-0.2, 0) is 5.79 Å². The van der Waals surface area contributed by atoms with E-state index in [4.69, 9.17) is 9.47 Å². The van der Waals surface area contributed by atoms with E-state index in [-0.39, 0.29) is 22.8 Å². The predicted octanol–water partition coefficient (Wildman–Crippen LogP) is 3.83. The third-order valence-corrected chi connectivity index (χ3v) is 4.78. The van der Waals surface area contributed by atoms with Gasteiger partial charge < -0.3 is 14.6 Å². The first-order valence-electron chi connectivity index (χ1n) is 8.14. The number of aromatic hydroxyl groups is 1. The van der Waals surface area contributed by atoms with Gasteiger partial charge in [0.25, 0.3) is 11.5 Å². The normalized spacial score (nSPS) is 19.5. The summed E-state index contributed by atoms with van der Waals surface area (Å²) in [5.74, 6) is -1.18. The summed E-state index contributed by atoms with van der Waals surface area (Å²) < 4.78 is 12.2. The van der Waals surface area contributed by atoms with Gasteiger partial charge in [-0.2, -0.15) is 0 Å². The number of ketones is 1. The van der Waals surface area contributed by atoms with Gasteiger partial charge in [-0.15, -0.1) is 0 Å². The number of hydrogen-bond acceptors (Lipinski definition) is 6. The predicted molar refractivity (Wildman–Crippen MR) is 95.1 cm³/mol. The number of nitro benzene ring substituents is 1. The third-order valence-electron chi connectivity index (χ3n) is 4.78. The van der Waals surface area contributed by atoms with E-state index in [0.717, 1.165) is 0 Å². The lowest BCUT2D eigenvalue weighted by Crippen LogP contribution is -2.42. The molecule has 7 heteroatoms. The Kier molecular flexibility index (Phi) is 2.89. The highest BCUT2D eigenvalue weighted by Crippen LogP contribution is 2.49. The molecule has 27 heavy (non-hydrogen) atoms. The Morgan fingerprint density at radius 1 is 1.00 bits per heavy atom. The summed E-state index contributed by atoms with van der Waals surface area (Å²) >= 11 is 0. The summed E-state index contributed by atoms with van der Waals surface area (Å²) in [6.07, 6.45) is 2.78. The smallest absolute Gasteiger partial charge is 0.299 e. The van der Waals surface area contributed by atoms with Crippen molar-refractivity contribution in [1.82, 2.24) is 0 Å². The van der Waals surface area contributed by atoms with Gasteiger partial charge in [-0.1, -0.05) is 12.1 Å². The molecule has 132 valence electrons. The largest absolute Gasteiger partial charge is 0.507 e. The van der Waals surface area contributed by atoms with E-state index in [9.17, 15) is 20.0 Å². The Hall–Kier alpha value is -3.87. The molecule has 3 aromatic rings. The van der Waals surface area contributed by atoms with E-state index >= 15 is 0 Å². The van der Waals surface area contributed by atoms with Crippen LogP contribution in [0.3, 0.4) is 0 Å². The van der Waals surface area contributed by atoms with Crippen LogP contribution >= 0.6 is 0 Å². The summed E-state index contributed by atoms with van der Waals surface area (Å²) in [6, 6.07) is 12.5. The zero-order valence-corrected chi connectivity index (χ0v) is 13.7. The molecule has 0 aromatic heterocycles. The van der Waals surface area contributed by atoms with E-state index in [0.29, 0.717) is 27.8 Å². The summed E-state index contributed by atoms with van der Waals surface area (Å²) in [4.78, 5) is 23.1. The molecule has 0 saturated heterocycles. The van der Waals surface area contributed by atoms with Crippen LogP contribution < -0.4 is 9.47 Å². The van der Waals surface area contributed by atoms with E-state index in [1.807, 2.05) is 0 Å². The first-order valence-corrected chi connectivity index (χ1v) is 8.14. The molecular weight excluding hydrogens is 350 g/mol. The maximum atomic E-state index is 12.3. The number of phenols is 1. The Bertz CT molecular complexity index is 1180. The molecule has 0 bridgehead atoms. The first kappa shape index (κ1) is 15.4. The van der Waals surface area contributed by atoms with Crippen molar-refractivity contribution in [2.45, 2.75) is 5.79 Å². The number of rotatable bonds is 1. The van der Waals surface area contributed by atoms with Crippen LogP contribution in [0.2, 0.25) is 0 Å². The Labute approximate surface area is 152 Å². The van der Waals surface area contributed by atoms with Crippen LogP contribution in [0, 0.1) is 10.1 Å². The second kappa shape index (κ2) is 5.07. The van der Waals surface area contributed by atoms with Crippen molar-refractivity contribution in [1.29, 1.82) is 0 Å². The van der Waals surface area contributed by atoms with Crippen molar-refractivity contribution in [3.63, 3.8) is 0 Å². The fraction of sp³-hybridized carbons (Fsp3) is 0.0500. The number of allylic oxidation sites excluding steroid dienone is 1. The molecule has 7 nitrogen and oxygen atoms in total. The first-order chi connectivity index (χ1) is 13.0. The molecule has 0 amide bonds. The van der Waals surface area contributed by atoms with Crippen LogP contribution in [0.15, 0.2) is 60.7 Å². The molecule has 1 unspecified atom stereocenters. The molecule has 3 aromatic carbocycles. The third kappa shape index (κ3) is 1.99. The van der Waals surface area contributed by atoms with Gasteiger partial charge in [0, 0.05) is 12.1 Å². The monoisotopic (exact) mass is 361 g/mol. The van der Waals surface area contributed by atoms with Crippen LogP contribution in [0.1, 0.15) is 15.9 Å². The van der Waals surface area contributed by atoms with Crippen molar-refractivity contribution in [3.05, 3.63) is 81.9 Å². The molecule has 1 spiro atoms. The molecule has 1 atom stereocenters. The number of benzene rings is 3. The number of carbonyl (C=O) groups excluding carboxylic acids is 1. The molecule has 1 aliphatic heterocycles. The molecule has 1 heterocycles. The zero-order chi connectivity index (χ0) is 18.8.